The number of methoxy groups -OCH3 is 1. The summed E-state index contributed by atoms with van der Waals surface area (Å²) >= 11 is 0. The molecule has 2 aromatic rings. The van der Waals surface area contributed by atoms with Crippen molar-refractivity contribution in [2.75, 3.05) is 7.11 Å². The molecule has 34 heavy (non-hydrogen) atoms. The van der Waals surface area contributed by atoms with Crippen LogP contribution in [0.5, 0.6) is 0 Å². The maximum Gasteiger partial charge on any atom is 0.305 e. The Morgan fingerprint density at radius 2 is 1.94 bits per heavy atom. The highest BCUT2D eigenvalue weighted by Gasteiger charge is 2.40. The number of esters is 1. The second-order valence-electron chi connectivity index (χ2n) is 9.02. The molecule has 6 heteroatoms. The van der Waals surface area contributed by atoms with E-state index in [0.717, 1.165) is 17.7 Å². The van der Waals surface area contributed by atoms with Crippen LogP contribution in [0.1, 0.15) is 49.8 Å². The number of allylic oxidation sites excluding steroid dienone is 2. The topological polar surface area (TPSA) is 100 Å². The van der Waals surface area contributed by atoms with E-state index in [0.29, 0.717) is 38.5 Å². The van der Waals surface area contributed by atoms with Crippen LogP contribution in [0.3, 0.4) is 0 Å². The Hall–Kier alpha value is -2.67. The van der Waals surface area contributed by atoms with E-state index in [2.05, 4.69) is 4.74 Å². The molecule has 1 aliphatic rings. The molecule has 1 aromatic carbocycles. The SMILES string of the molecule is COC(=O)CCC/C=C\C[C@@H]1[C@@H](/C=C/[C@@](O)(CCc2ccco2)c2ccccc2)[C@H](O)C[C@@H]1O. The second-order valence-corrected chi connectivity index (χ2v) is 9.02. The standard InChI is InChI=1S/C28H36O6/c1-33-27(31)14-8-3-2-7-13-23-24(26(30)20-25(23)29)16-18-28(32,21-10-5-4-6-11-21)17-15-22-12-9-19-34-22/h2,4-7,9-12,16,18-19,23-26,29-30,32H,3,8,13-15,17,20H2,1H3/b7-2-,18-16+/t23-,24-,25+,26-,28+/m1/s1. The summed E-state index contributed by atoms with van der Waals surface area (Å²) in [7, 11) is 1.38. The third-order valence-electron chi connectivity index (χ3n) is 6.67. The lowest BCUT2D eigenvalue weighted by atomic mass is 9.84. The van der Waals surface area contributed by atoms with Gasteiger partial charge in [-0.25, -0.2) is 0 Å². The zero-order valence-corrected chi connectivity index (χ0v) is 19.8. The number of benzene rings is 1. The first-order chi connectivity index (χ1) is 16.4. The summed E-state index contributed by atoms with van der Waals surface area (Å²) in [6.07, 6.45) is 11.7. The molecule has 0 spiro atoms. The van der Waals surface area contributed by atoms with Gasteiger partial charge in [-0.2, -0.15) is 0 Å². The molecule has 6 nitrogen and oxygen atoms in total. The van der Waals surface area contributed by atoms with Gasteiger partial charge in [-0.3, -0.25) is 4.79 Å². The molecule has 3 N–H and O–H groups in total. The molecule has 0 radical (unpaired) electrons. The van der Waals surface area contributed by atoms with E-state index in [1.54, 1.807) is 12.3 Å². The fourth-order valence-electron chi connectivity index (χ4n) is 4.63. The van der Waals surface area contributed by atoms with Crippen molar-refractivity contribution in [1.29, 1.82) is 0 Å². The number of rotatable bonds is 12. The number of furan rings is 1. The Morgan fingerprint density at radius 3 is 2.65 bits per heavy atom. The average Bonchev–Trinajstić information content (AvgIpc) is 3.46. The van der Waals surface area contributed by atoms with Crippen molar-refractivity contribution in [3.63, 3.8) is 0 Å². The van der Waals surface area contributed by atoms with Crippen molar-refractivity contribution >= 4 is 5.97 Å². The van der Waals surface area contributed by atoms with Crippen molar-refractivity contribution in [2.24, 2.45) is 11.8 Å². The predicted octanol–water partition coefficient (Wildman–Crippen LogP) is 4.30. The molecule has 3 rings (SSSR count). The molecular weight excluding hydrogens is 432 g/mol. The van der Waals surface area contributed by atoms with Gasteiger partial charge in [0.1, 0.15) is 11.4 Å². The van der Waals surface area contributed by atoms with Gasteiger partial charge in [-0.05, 0) is 49.3 Å². The van der Waals surface area contributed by atoms with Crippen LogP contribution in [0.25, 0.3) is 0 Å². The van der Waals surface area contributed by atoms with Gasteiger partial charge in [0.15, 0.2) is 0 Å². The van der Waals surface area contributed by atoms with Crippen molar-refractivity contribution in [2.45, 2.75) is 62.8 Å². The first-order valence-corrected chi connectivity index (χ1v) is 12.0. The van der Waals surface area contributed by atoms with Crippen LogP contribution in [0.15, 0.2) is 77.4 Å². The minimum absolute atomic E-state index is 0.145. The summed E-state index contributed by atoms with van der Waals surface area (Å²) in [6.45, 7) is 0. The van der Waals surface area contributed by atoms with Gasteiger partial charge in [0, 0.05) is 25.2 Å². The van der Waals surface area contributed by atoms with E-state index in [1.807, 2.05) is 60.7 Å². The first kappa shape index (κ1) is 25.9. The number of aliphatic hydroxyl groups is 3. The van der Waals surface area contributed by atoms with Crippen LogP contribution < -0.4 is 0 Å². The van der Waals surface area contributed by atoms with Gasteiger partial charge in [-0.15, -0.1) is 0 Å². The highest BCUT2D eigenvalue weighted by atomic mass is 16.5. The van der Waals surface area contributed by atoms with Gasteiger partial charge in [0.25, 0.3) is 0 Å². The van der Waals surface area contributed by atoms with E-state index in [9.17, 15) is 20.1 Å². The summed E-state index contributed by atoms with van der Waals surface area (Å²) < 4.78 is 10.1. The zero-order valence-electron chi connectivity index (χ0n) is 19.8. The van der Waals surface area contributed by atoms with Crippen LogP contribution in [-0.4, -0.2) is 40.6 Å². The Bertz CT molecular complexity index is 920. The molecule has 0 amide bonds. The van der Waals surface area contributed by atoms with Crippen molar-refractivity contribution < 1.29 is 29.3 Å². The highest BCUT2D eigenvalue weighted by molar-refractivity contribution is 5.69. The molecule has 1 saturated carbocycles. The maximum absolute atomic E-state index is 11.6. The van der Waals surface area contributed by atoms with Crippen molar-refractivity contribution in [1.82, 2.24) is 0 Å². The molecule has 0 saturated heterocycles. The van der Waals surface area contributed by atoms with E-state index in [-0.39, 0.29) is 17.8 Å². The van der Waals surface area contributed by atoms with Gasteiger partial charge < -0.3 is 24.5 Å². The highest BCUT2D eigenvalue weighted by Crippen LogP contribution is 2.38. The van der Waals surface area contributed by atoms with E-state index in [4.69, 9.17) is 4.42 Å². The van der Waals surface area contributed by atoms with Gasteiger partial charge >= 0.3 is 5.97 Å². The smallest absolute Gasteiger partial charge is 0.305 e. The summed E-state index contributed by atoms with van der Waals surface area (Å²) in [5, 5.41) is 32.8. The van der Waals surface area contributed by atoms with Gasteiger partial charge in [0.2, 0.25) is 0 Å². The molecule has 5 atom stereocenters. The third kappa shape index (κ3) is 7.16. The van der Waals surface area contributed by atoms with Gasteiger partial charge in [-0.1, -0.05) is 54.6 Å². The largest absolute Gasteiger partial charge is 0.469 e. The van der Waals surface area contributed by atoms with E-state index in [1.165, 1.54) is 7.11 Å². The van der Waals surface area contributed by atoms with Crippen molar-refractivity contribution in [3.05, 3.63) is 84.4 Å². The van der Waals surface area contributed by atoms with Crippen LogP contribution in [-0.2, 0) is 21.6 Å². The Morgan fingerprint density at radius 1 is 1.15 bits per heavy atom. The predicted molar refractivity (Wildman–Crippen MR) is 130 cm³/mol. The summed E-state index contributed by atoms with van der Waals surface area (Å²) in [4.78, 5) is 11.2. The molecule has 0 aliphatic heterocycles. The molecule has 1 heterocycles. The summed E-state index contributed by atoms with van der Waals surface area (Å²) in [6, 6.07) is 13.2. The zero-order chi connectivity index (χ0) is 24.4. The Labute approximate surface area is 201 Å². The lowest BCUT2D eigenvalue weighted by molar-refractivity contribution is -0.140. The lowest BCUT2D eigenvalue weighted by Gasteiger charge is -2.27. The molecule has 1 fully saturated rings. The van der Waals surface area contributed by atoms with Crippen LogP contribution in [0, 0.1) is 11.8 Å². The third-order valence-corrected chi connectivity index (χ3v) is 6.67. The lowest BCUT2D eigenvalue weighted by Crippen LogP contribution is -2.26. The molecule has 0 bridgehead atoms. The Balaban J connectivity index is 1.68. The van der Waals surface area contributed by atoms with Crippen molar-refractivity contribution in [3.8, 4) is 0 Å². The number of carbonyl (C=O) groups excluding carboxylic acids is 1. The number of unbranched alkanes of at least 4 members (excludes halogenated alkanes) is 1. The fourth-order valence-corrected chi connectivity index (χ4v) is 4.63. The average molecular weight is 469 g/mol. The molecular formula is C28H36O6. The normalized spacial score (nSPS) is 24.6. The molecule has 1 aliphatic carbocycles. The maximum atomic E-state index is 11.6. The minimum atomic E-state index is -1.23. The molecule has 184 valence electrons. The number of hydrogen-bond donors (Lipinski definition) is 3. The van der Waals surface area contributed by atoms with E-state index < -0.39 is 17.8 Å². The number of aryl methyl sites for hydroxylation is 1. The number of hydrogen-bond acceptors (Lipinski definition) is 6. The quantitative estimate of drug-likeness (QED) is 0.244. The first-order valence-electron chi connectivity index (χ1n) is 12.0. The number of carbonyl (C=O) groups is 1. The Kier molecular flexibility index (Phi) is 9.69. The van der Waals surface area contributed by atoms with E-state index >= 15 is 0 Å². The fraction of sp³-hybridized carbons (Fsp3) is 0.464. The van der Waals surface area contributed by atoms with Crippen LogP contribution in [0.4, 0.5) is 0 Å². The summed E-state index contributed by atoms with van der Waals surface area (Å²) in [5.74, 6) is 0.168. The molecule has 0 unspecified atom stereocenters. The minimum Gasteiger partial charge on any atom is -0.469 e. The monoisotopic (exact) mass is 468 g/mol. The van der Waals surface area contributed by atoms with Crippen LogP contribution in [0.2, 0.25) is 0 Å². The summed E-state index contributed by atoms with van der Waals surface area (Å²) in [5.41, 5.74) is -0.455. The number of aliphatic hydroxyl groups excluding tert-OH is 2. The van der Waals surface area contributed by atoms with Gasteiger partial charge in [0.05, 0.1) is 25.6 Å². The van der Waals surface area contributed by atoms with Crippen LogP contribution >= 0.6 is 0 Å². The second kappa shape index (κ2) is 12.7. The number of ether oxygens (including phenoxy) is 1. The molecule has 1 aromatic heterocycles.